The predicted molar refractivity (Wildman–Crippen MR) is 236 cm³/mol. The fourth-order valence-corrected chi connectivity index (χ4v) is 7.12. The van der Waals surface area contributed by atoms with Crippen molar-refractivity contribution in [1.82, 2.24) is 10.3 Å². The fraction of sp³-hybridized carbons (Fsp3) is 0.347. The van der Waals surface area contributed by atoms with Crippen LogP contribution in [0.5, 0.6) is 17.2 Å². The van der Waals surface area contributed by atoms with Gasteiger partial charge in [-0.15, -0.1) is 0 Å². The number of nitrogens with zero attached hydrogens (tertiary/aromatic N) is 1. The van der Waals surface area contributed by atoms with Gasteiger partial charge in [-0.2, -0.15) is 0 Å². The maximum atomic E-state index is 14.2. The number of rotatable bonds is 18. The van der Waals surface area contributed by atoms with Crippen LogP contribution >= 0.6 is 0 Å². The molecule has 4 N–H and O–H groups in total. The number of nitrogens with one attached hydrogen (secondary N) is 3. The van der Waals surface area contributed by atoms with Gasteiger partial charge in [0, 0.05) is 34.3 Å². The molecule has 0 unspecified atom stereocenters. The Balaban J connectivity index is 1.10. The van der Waals surface area contributed by atoms with Gasteiger partial charge in [0.05, 0.1) is 36.7 Å². The SMILES string of the molecule is C=C(Cc1cnc2ccccc2c1)C1CCC(NC(=O)c2ccc(NC(=O)c3ccc(NC(=O)c4ccc(F)c(OCCO)c4)c(OCC(C)C)c3)c(OCC(C)C)c2)CC1. The first kappa shape index (κ1) is 44.3. The van der Waals surface area contributed by atoms with Crippen molar-refractivity contribution in [2.24, 2.45) is 17.8 Å². The molecule has 0 atom stereocenters. The monoisotopic (exact) mass is 830 g/mol. The highest BCUT2D eigenvalue weighted by Crippen LogP contribution is 2.33. The lowest BCUT2D eigenvalue weighted by Crippen LogP contribution is -2.38. The van der Waals surface area contributed by atoms with E-state index in [4.69, 9.17) is 19.3 Å². The first-order chi connectivity index (χ1) is 29.4. The standard InChI is InChI=1S/C49H55FN4O7/c1-30(2)28-60-45-25-37(47(56)52-39-15-10-34(11-16-39)32(5)22-33-23-35-8-6-7-9-41(35)51-27-33)13-18-42(45)54-49(58)38-14-19-43(46(26-38)61-29-31(3)4)53-48(57)36-12-17-40(50)44(24-36)59-21-20-55/h6-9,12-14,17-19,23-27,30-31,34,39,55H,5,10-11,15-16,20-22,28-29H2,1-4H3,(H,52,56)(H,53,57)(H,54,58). The van der Waals surface area contributed by atoms with Crippen LogP contribution in [0.3, 0.4) is 0 Å². The summed E-state index contributed by atoms with van der Waals surface area (Å²) in [4.78, 5) is 45.2. The van der Waals surface area contributed by atoms with Gasteiger partial charge >= 0.3 is 0 Å². The van der Waals surface area contributed by atoms with Crippen LogP contribution in [0.2, 0.25) is 0 Å². The van der Waals surface area contributed by atoms with E-state index in [1.807, 2.05) is 52.1 Å². The second kappa shape index (κ2) is 20.8. The Kier molecular flexibility index (Phi) is 15.1. The molecule has 3 amide bonds. The summed E-state index contributed by atoms with van der Waals surface area (Å²) in [6, 6.07) is 23.6. The number of aromatic nitrogens is 1. The van der Waals surface area contributed by atoms with E-state index in [9.17, 15) is 18.8 Å². The molecule has 12 heteroatoms. The summed E-state index contributed by atoms with van der Waals surface area (Å²) in [7, 11) is 0. The van der Waals surface area contributed by atoms with Crippen LogP contribution in [0.15, 0.2) is 103 Å². The number of ether oxygens (including phenoxy) is 3. The highest BCUT2D eigenvalue weighted by atomic mass is 19.1. The highest BCUT2D eigenvalue weighted by molar-refractivity contribution is 6.08. The van der Waals surface area contributed by atoms with Crippen LogP contribution in [-0.4, -0.2) is 60.3 Å². The quantitative estimate of drug-likeness (QED) is 0.0639. The van der Waals surface area contributed by atoms with E-state index >= 15 is 0 Å². The van der Waals surface area contributed by atoms with E-state index in [0.29, 0.717) is 41.8 Å². The molecule has 1 saturated carbocycles. The zero-order valence-corrected chi connectivity index (χ0v) is 35.3. The molecule has 61 heavy (non-hydrogen) atoms. The van der Waals surface area contributed by atoms with E-state index in [2.05, 4.69) is 39.6 Å². The number of anilines is 2. The smallest absolute Gasteiger partial charge is 0.255 e. The number of allylic oxidation sites excluding steroid dienone is 1. The fourth-order valence-electron chi connectivity index (χ4n) is 7.12. The molecule has 320 valence electrons. The van der Waals surface area contributed by atoms with Gasteiger partial charge in [0.25, 0.3) is 17.7 Å². The Morgan fingerprint density at radius 2 is 1.30 bits per heavy atom. The van der Waals surface area contributed by atoms with Gasteiger partial charge in [-0.1, -0.05) is 58.0 Å². The molecular weight excluding hydrogens is 776 g/mol. The van der Waals surface area contributed by atoms with Crippen molar-refractivity contribution in [1.29, 1.82) is 0 Å². The Labute approximate surface area is 356 Å². The van der Waals surface area contributed by atoms with Gasteiger partial charge in [-0.05, 0) is 122 Å². The minimum Gasteiger partial charge on any atom is -0.491 e. The number of pyridine rings is 1. The number of hydrogen-bond acceptors (Lipinski definition) is 8. The van der Waals surface area contributed by atoms with Gasteiger partial charge in [0.1, 0.15) is 18.1 Å². The highest BCUT2D eigenvalue weighted by Gasteiger charge is 2.25. The van der Waals surface area contributed by atoms with Crippen LogP contribution in [-0.2, 0) is 6.42 Å². The molecule has 1 heterocycles. The molecule has 0 aliphatic heterocycles. The second-order valence-corrected chi connectivity index (χ2v) is 16.4. The number of fused-ring (bicyclic) bond motifs is 1. The number of para-hydroxylation sites is 1. The summed E-state index contributed by atoms with van der Waals surface area (Å²) in [6.45, 7) is 12.6. The lowest BCUT2D eigenvalue weighted by molar-refractivity contribution is 0.0922. The summed E-state index contributed by atoms with van der Waals surface area (Å²) in [5.74, 6) is -0.739. The van der Waals surface area contributed by atoms with Crippen LogP contribution in [0.1, 0.15) is 90.0 Å². The van der Waals surface area contributed by atoms with Gasteiger partial charge in [-0.25, -0.2) is 4.39 Å². The molecule has 0 bridgehead atoms. The lowest BCUT2D eigenvalue weighted by atomic mass is 9.80. The third kappa shape index (κ3) is 12.2. The molecule has 1 aliphatic rings. The molecule has 5 aromatic rings. The Bertz CT molecular complexity index is 2360. The number of amides is 3. The molecular formula is C49H55FN4O7. The molecule has 11 nitrogen and oxygen atoms in total. The number of aliphatic hydroxyl groups excluding tert-OH is 1. The van der Waals surface area contributed by atoms with Crippen molar-refractivity contribution in [3.05, 3.63) is 131 Å². The number of carbonyl (C=O) groups is 3. The molecule has 1 aliphatic carbocycles. The van der Waals surface area contributed by atoms with E-state index < -0.39 is 17.6 Å². The van der Waals surface area contributed by atoms with Gasteiger partial charge in [0.15, 0.2) is 11.6 Å². The number of hydrogen-bond donors (Lipinski definition) is 4. The first-order valence-corrected chi connectivity index (χ1v) is 20.9. The summed E-state index contributed by atoms with van der Waals surface area (Å²) in [6.07, 6.45) is 6.27. The van der Waals surface area contributed by atoms with E-state index in [-0.39, 0.29) is 59.6 Å². The first-order valence-electron chi connectivity index (χ1n) is 20.9. The lowest BCUT2D eigenvalue weighted by Gasteiger charge is -2.30. The van der Waals surface area contributed by atoms with E-state index in [0.717, 1.165) is 54.6 Å². The maximum absolute atomic E-state index is 14.2. The number of aliphatic hydroxyl groups is 1. The van der Waals surface area contributed by atoms with Crippen LogP contribution in [0.25, 0.3) is 10.9 Å². The zero-order chi connectivity index (χ0) is 43.5. The maximum Gasteiger partial charge on any atom is 0.255 e. The third-order valence-electron chi connectivity index (χ3n) is 10.4. The largest absolute Gasteiger partial charge is 0.491 e. The topological polar surface area (TPSA) is 148 Å². The normalized spacial score (nSPS) is 15.0. The Hall–Kier alpha value is -6.27. The third-order valence-corrected chi connectivity index (χ3v) is 10.4. The predicted octanol–water partition coefficient (Wildman–Crippen LogP) is 9.41. The average Bonchev–Trinajstić information content (AvgIpc) is 3.25. The van der Waals surface area contributed by atoms with E-state index in [1.165, 1.54) is 23.8 Å². The number of carbonyl (C=O) groups excluding carboxylic acids is 3. The van der Waals surface area contributed by atoms with Gasteiger partial charge < -0.3 is 35.3 Å². The van der Waals surface area contributed by atoms with Crippen LogP contribution in [0.4, 0.5) is 15.8 Å². The second-order valence-electron chi connectivity index (χ2n) is 16.4. The molecule has 0 saturated heterocycles. The van der Waals surface area contributed by atoms with E-state index in [1.54, 1.807) is 30.3 Å². The van der Waals surface area contributed by atoms with Crippen LogP contribution < -0.4 is 30.2 Å². The van der Waals surface area contributed by atoms with Gasteiger partial charge in [0.2, 0.25) is 0 Å². The molecule has 1 aromatic heterocycles. The van der Waals surface area contributed by atoms with Crippen molar-refractivity contribution in [2.75, 3.05) is 37.1 Å². The van der Waals surface area contributed by atoms with Crippen LogP contribution in [0, 0.1) is 23.6 Å². The molecule has 6 rings (SSSR count). The summed E-state index contributed by atoms with van der Waals surface area (Å²) >= 11 is 0. The summed E-state index contributed by atoms with van der Waals surface area (Å²) < 4.78 is 31.6. The van der Waals surface area contributed by atoms with Crippen molar-refractivity contribution in [2.45, 2.75) is 65.8 Å². The Morgan fingerprint density at radius 1 is 0.738 bits per heavy atom. The number of halogens is 1. The molecule has 4 aromatic carbocycles. The minimum absolute atomic E-state index is 0.0252. The summed E-state index contributed by atoms with van der Waals surface area (Å²) in [5.41, 5.74) is 4.81. The van der Waals surface area contributed by atoms with Crippen molar-refractivity contribution < 1.29 is 38.1 Å². The molecule has 0 spiro atoms. The molecule has 1 fully saturated rings. The summed E-state index contributed by atoms with van der Waals surface area (Å²) in [5, 5.41) is 19.1. The number of benzene rings is 4. The molecule has 0 radical (unpaired) electrons. The Morgan fingerprint density at radius 3 is 1.89 bits per heavy atom. The van der Waals surface area contributed by atoms with Crippen molar-refractivity contribution >= 4 is 40.0 Å². The van der Waals surface area contributed by atoms with Crippen molar-refractivity contribution in [3.63, 3.8) is 0 Å². The minimum atomic E-state index is -0.667. The van der Waals surface area contributed by atoms with Crippen molar-refractivity contribution in [3.8, 4) is 17.2 Å². The van der Waals surface area contributed by atoms with Gasteiger partial charge in [-0.3, -0.25) is 19.4 Å². The zero-order valence-electron chi connectivity index (χ0n) is 35.3. The average molecular weight is 831 g/mol.